The first-order valence-corrected chi connectivity index (χ1v) is 6.85. The van der Waals surface area contributed by atoms with Crippen molar-refractivity contribution in [3.63, 3.8) is 0 Å². The molecule has 0 aliphatic carbocycles. The van der Waals surface area contributed by atoms with Crippen molar-refractivity contribution < 1.29 is 4.74 Å². The highest BCUT2D eigenvalue weighted by molar-refractivity contribution is 9.10. The maximum Gasteiger partial charge on any atom is 0.232 e. The fourth-order valence-electron chi connectivity index (χ4n) is 2.07. The molecule has 0 saturated carbocycles. The molecule has 1 atom stereocenters. The molecule has 0 spiro atoms. The molecule has 1 fully saturated rings. The largest absolute Gasteiger partial charge is 0.477 e. The lowest BCUT2D eigenvalue weighted by atomic mass is 10.1. The van der Waals surface area contributed by atoms with Gasteiger partial charge in [-0.1, -0.05) is 0 Å². The van der Waals surface area contributed by atoms with Crippen LogP contribution in [0.5, 0.6) is 5.88 Å². The monoisotopic (exact) mass is 319 g/mol. The lowest BCUT2D eigenvalue weighted by molar-refractivity contribution is 0.227. The summed E-state index contributed by atoms with van der Waals surface area (Å²) in [6, 6.07) is 0.631. The maximum absolute atomic E-state index is 5.71. The molecule has 0 bridgehead atoms. The quantitative estimate of drug-likeness (QED) is 0.800. The van der Waals surface area contributed by atoms with Gasteiger partial charge in [0.25, 0.3) is 0 Å². The van der Waals surface area contributed by atoms with Gasteiger partial charge in [0.15, 0.2) is 0 Å². The van der Waals surface area contributed by atoms with Crippen molar-refractivity contribution in [1.82, 2.24) is 14.9 Å². The second-order valence-corrected chi connectivity index (χ2v) is 5.40. The van der Waals surface area contributed by atoms with Crippen molar-refractivity contribution in [3.05, 3.63) is 16.0 Å². The van der Waals surface area contributed by atoms with Gasteiger partial charge in [-0.05, 0) is 60.4 Å². The van der Waals surface area contributed by atoms with Gasteiger partial charge < -0.3 is 9.64 Å². The molecule has 6 heteroatoms. The second kappa shape index (κ2) is 5.98. The first kappa shape index (κ1) is 13.1. The van der Waals surface area contributed by atoms with Crippen LogP contribution in [0.25, 0.3) is 0 Å². The molecule has 2 rings (SSSR count). The number of nitrogens with zero attached hydrogens (tertiary/aromatic N) is 3. The van der Waals surface area contributed by atoms with Crippen molar-refractivity contribution in [3.8, 4) is 5.88 Å². The summed E-state index contributed by atoms with van der Waals surface area (Å²) in [7, 11) is 2.16. The summed E-state index contributed by atoms with van der Waals surface area (Å²) in [5.74, 6) is 0.519. The Bertz CT molecular complexity index is 391. The van der Waals surface area contributed by atoms with Crippen LogP contribution < -0.4 is 4.74 Å². The van der Waals surface area contributed by atoms with Crippen LogP contribution >= 0.6 is 27.5 Å². The Hall–Kier alpha value is -0.390. The maximum atomic E-state index is 5.71. The van der Waals surface area contributed by atoms with E-state index >= 15 is 0 Å². The number of halogens is 2. The summed E-state index contributed by atoms with van der Waals surface area (Å²) in [4.78, 5) is 10.3. The van der Waals surface area contributed by atoms with Gasteiger partial charge in [-0.25, -0.2) is 4.98 Å². The van der Waals surface area contributed by atoms with E-state index in [0.29, 0.717) is 18.5 Å². The number of likely N-dealkylation sites (tertiary alicyclic amines) is 1. The molecule has 4 nitrogen and oxygen atoms in total. The molecule has 1 aromatic heterocycles. The van der Waals surface area contributed by atoms with E-state index in [9.17, 15) is 0 Å². The Labute approximate surface area is 114 Å². The Morgan fingerprint density at radius 2 is 2.47 bits per heavy atom. The highest BCUT2D eigenvalue weighted by Crippen LogP contribution is 2.23. The fraction of sp³-hybridized carbons (Fsp3) is 0.636. The van der Waals surface area contributed by atoms with Gasteiger partial charge in [-0.3, -0.25) is 0 Å². The van der Waals surface area contributed by atoms with Gasteiger partial charge in [0.05, 0.1) is 11.1 Å². The molecule has 2 heterocycles. The zero-order valence-electron chi connectivity index (χ0n) is 9.70. The molecule has 94 valence electrons. The molecular formula is C11H15BrClN3O. The molecule has 1 aliphatic heterocycles. The third-order valence-corrected chi connectivity index (χ3v) is 3.77. The van der Waals surface area contributed by atoms with Crippen LogP contribution in [0.4, 0.5) is 0 Å². The van der Waals surface area contributed by atoms with Crippen molar-refractivity contribution in [2.24, 2.45) is 0 Å². The summed E-state index contributed by atoms with van der Waals surface area (Å²) >= 11 is 9.05. The molecule has 1 unspecified atom stereocenters. The number of aromatic nitrogens is 2. The van der Waals surface area contributed by atoms with E-state index in [0.717, 1.165) is 10.9 Å². The fourth-order valence-corrected chi connectivity index (χ4v) is 2.50. The Morgan fingerprint density at radius 1 is 1.65 bits per heavy atom. The van der Waals surface area contributed by atoms with Crippen LogP contribution in [0.2, 0.25) is 5.28 Å². The van der Waals surface area contributed by atoms with Gasteiger partial charge in [-0.2, -0.15) is 4.98 Å². The van der Waals surface area contributed by atoms with Crippen LogP contribution in [-0.2, 0) is 0 Å². The second-order valence-electron chi connectivity index (χ2n) is 4.21. The molecule has 0 N–H and O–H groups in total. The molecule has 1 aromatic rings. The van der Waals surface area contributed by atoms with E-state index in [1.165, 1.54) is 19.4 Å². The first-order valence-electron chi connectivity index (χ1n) is 5.68. The summed E-state index contributed by atoms with van der Waals surface area (Å²) < 4.78 is 6.36. The first-order chi connectivity index (χ1) is 8.16. The van der Waals surface area contributed by atoms with E-state index in [1.54, 1.807) is 6.20 Å². The number of ether oxygens (including phenoxy) is 1. The third-order valence-electron chi connectivity index (χ3n) is 3.04. The molecule has 1 aliphatic rings. The van der Waals surface area contributed by atoms with Crippen molar-refractivity contribution in [2.75, 3.05) is 20.2 Å². The number of hydrogen-bond acceptors (Lipinski definition) is 4. The van der Waals surface area contributed by atoms with Gasteiger partial charge in [-0.15, -0.1) is 0 Å². The number of rotatable bonds is 4. The topological polar surface area (TPSA) is 38.2 Å². The van der Waals surface area contributed by atoms with Gasteiger partial charge in [0, 0.05) is 12.2 Å². The zero-order valence-corrected chi connectivity index (χ0v) is 12.0. The van der Waals surface area contributed by atoms with Crippen LogP contribution in [0.3, 0.4) is 0 Å². The zero-order chi connectivity index (χ0) is 12.3. The molecule has 1 saturated heterocycles. The summed E-state index contributed by atoms with van der Waals surface area (Å²) in [6.07, 6.45) is 5.16. The van der Waals surface area contributed by atoms with Crippen LogP contribution in [0, 0.1) is 0 Å². The van der Waals surface area contributed by atoms with Crippen molar-refractivity contribution in [2.45, 2.75) is 25.3 Å². The summed E-state index contributed by atoms with van der Waals surface area (Å²) in [5, 5.41) is 0.209. The Balaban J connectivity index is 1.83. The van der Waals surface area contributed by atoms with E-state index in [2.05, 4.69) is 37.8 Å². The highest BCUT2D eigenvalue weighted by Gasteiger charge is 2.20. The standard InChI is InChI=1S/C11H15BrClN3O/c1-16-5-2-3-8(16)4-6-17-10-9(12)7-14-11(13)15-10/h7-8H,2-6H2,1H3. The number of hydrogen-bond donors (Lipinski definition) is 0. The minimum Gasteiger partial charge on any atom is -0.477 e. The van der Waals surface area contributed by atoms with E-state index in [4.69, 9.17) is 16.3 Å². The highest BCUT2D eigenvalue weighted by atomic mass is 79.9. The minimum atomic E-state index is 0.209. The average molecular weight is 321 g/mol. The van der Waals surface area contributed by atoms with Gasteiger partial charge in [0.2, 0.25) is 11.2 Å². The summed E-state index contributed by atoms with van der Waals surface area (Å²) in [6.45, 7) is 1.84. The van der Waals surface area contributed by atoms with Crippen molar-refractivity contribution in [1.29, 1.82) is 0 Å². The lowest BCUT2D eigenvalue weighted by Gasteiger charge is -2.19. The van der Waals surface area contributed by atoms with Gasteiger partial charge >= 0.3 is 0 Å². The minimum absolute atomic E-state index is 0.209. The average Bonchev–Trinajstić information content (AvgIpc) is 2.70. The SMILES string of the molecule is CN1CCCC1CCOc1nc(Cl)ncc1Br. The van der Waals surface area contributed by atoms with Crippen molar-refractivity contribution >= 4 is 27.5 Å². The molecule has 0 aromatic carbocycles. The van der Waals surface area contributed by atoms with Crippen LogP contribution in [-0.4, -0.2) is 41.1 Å². The lowest BCUT2D eigenvalue weighted by Crippen LogP contribution is -2.26. The third kappa shape index (κ3) is 3.53. The predicted octanol–water partition coefficient (Wildman–Crippen LogP) is 2.76. The Kier molecular flexibility index (Phi) is 4.59. The van der Waals surface area contributed by atoms with Crippen LogP contribution in [0.1, 0.15) is 19.3 Å². The predicted molar refractivity (Wildman–Crippen MR) is 70.5 cm³/mol. The molecule has 0 radical (unpaired) electrons. The van der Waals surface area contributed by atoms with E-state index < -0.39 is 0 Å². The Morgan fingerprint density at radius 3 is 3.18 bits per heavy atom. The van der Waals surface area contributed by atoms with Crippen LogP contribution in [0.15, 0.2) is 10.7 Å². The van der Waals surface area contributed by atoms with E-state index in [1.807, 2.05) is 0 Å². The normalized spacial score (nSPS) is 20.8. The smallest absolute Gasteiger partial charge is 0.232 e. The summed E-state index contributed by atoms with van der Waals surface area (Å²) in [5.41, 5.74) is 0. The molecular weight excluding hydrogens is 305 g/mol. The molecule has 17 heavy (non-hydrogen) atoms. The van der Waals surface area contributed by atoms with Gasteiger partial charge in [0.1, 0.15) is 0 Å². The van der Waals surface area contributed by atoms with E-state index in [-0.39, 0.29) is 5.28 Å². The molecule has 0 amide bonds.